The molecule has 8 nitrogen and oxygen atoms in total. The van der Waals surface area contributed by atoms with Gasteiger partial charge in [0.1, 0.15) is 5.57 Å². The molecule has 0 spiro atoms. The number of amides is 2. The molecule has 1 heterocycles. The quantitative estimate of drug-likeness (QED) is 0.353. The summed E-state index contributed by atoms with van der Waals surface area (Å²) in [5, 5.41) is 11.6. The first-order valence-corrected chi connectivity index (χ1v) is 10.2. The summed E-state index contributed by atoms with van der Waals surface area (Å²) in [6.07, 6.45) is 0.131. The van der Waals surface area contributed by atoms with Gasteiger partial charge in [0.25, 0.3) is 11.8 Å². The van der Waals surface area contributed by atoms with Crippen molar-refractivity contribution in [2.75, 3.05) is 12.0 Å². The fourth-order valence-corrected chi connectivity index (χ4v) is 3.49. The van der Waals surface area contributed by atoms with E-state index in [0.29, 0.717) is 11.3 Å². The third-order valence-corrected chi connectivity index (χ3v) is 5.12. The third kappa shape index (κ3) is 4.75. The summed E-state index contributed by atoms with van der Waals surface area (Å²) in [5.74, 6) is -2.14. The molecule has 0 aliphatic carbocycles. The van der Waals surface area contributed by atoms with Crippen molar-refractivity contribution in [1.82, 2.24) is 5.32 Å². The van der Waals surface area contributed by atoms with Crippen LogP contribution in [-0.2, 0) is 14.4 Å². The van der Waals surface area contributed by atoms with Crippen LogP contribution in [0.5, 0.6) is 11.5 Å². The maximum atomic E-state index is 13.2. The van der Waals surface area contributed by atoms with Crippen LogP contribution in [0.3, 0.4) is 0 Å². The van der Waals surface area contributed by atoms with E-state index in [9.17, 15) is 19.5 Å². The van der Waals surface area contributed by atoms with E-state index in [-0.39, 0.29) is 22.2 Å². The second-order valence-electron chi connectivity index (χ2n) is 6.41. The molecule has 0 saturated carbocycles. The van der Waals surface area contributed by atoms with Gasteiger partial charge in [-0.25, -0.2) is 4.79 Å². The number of methoxy groups -OCH3 is 1. The highest BCUT2D eigenvalue weighted by atomic mass is 79.9. The summed E-state index contributed by atoms with van der Waals surface area (Å²) in [6, 6.07) is 11.7. The number of thiocarbonyl (C=S) groups is 1. The molecule has 1 fully saturated rings. The lowest BCUT2D eigenvalue weighted by Crippen LogP contribution is -2.54. The van der Waals surface area contributed by atoms with Crippen molar-refractivity contribution in [3.05, 3.63) is 58.1 Å². The lowest BCUT2D eigenvalue weighted by molar-refractivity contribution is -0.144. The first-order valence-electron chi connectivity index (χ1n) is 8.96. The van der Waals surface area contributed by atoms with E-state index in [0.717, 1.165) is 4.47 Å². The highest BCUT2D eigenvalue weighted by Gasteiger charge is 2.35. The summed E-state index contributed by atoms with van der Waals surface area (Å²) in [7, 11) is 1.40. The van der Waals surface area contributed by atoms with Gasteiger partial charge in [-0.15, -0.1) is 0 Å². The minimum atomic E-state index is -1.19. The SMILES string of the molecule is COc1cccc(/C=C2\C(=O)NC(=S)N(c3cccc(Br)c3)C2=O)c1O[C@H](C)C(=O)O. The summed E-state index contributed by atoms with van der Waals surface area (Å²) in [4.78, 5) is 38.2. The van der Waals surface area contributed by atoms with Crippen molar-refractivity contribution >= 4 is 62.8 Å². The van der Waals surface area contributed by atoms with Gasteiger partial charge in [-0.2, -0.15) is 0 Å². The van der Waals surface area contributed by atoms with Crippen molar-refractivity contribution in [3.8, 4) is 11.5 Å². The molecule has 1 saturated heterocycles. The van der Waals surface area contributed by atoms with E-state index in [1.165, 1.54) is 25.0 Å². The van der Waals surface area contributed by atoms with Crippen LogP contribution >= 0.6 is 28.1 Å². The van der Waals surface area contributed by atoms with Crippen LogP contribution in [0.15, 0.2) is 52.5 Å². The summed E-state index contributed by atoms with van der Waals surface area (Å²) in [5.41, 5.74) is 0.569. The Kier molecular flexibility index (Phi) is 6.71. The average Bonchev–Trinajstić information content (AvgIpc) is 2.71. The number of rotatable bonds is 6. The Balaban J connectivity index is 2.08. The van der Waals surface area contributed by atoms with Gasteiger partial charge in [0.2, 0.25) is 0 Å². The fraction of sp³-hybridized carbons (Fsp3) is 0.143. The second-order valence-corrected chi connectivity index (χ2v) is 7.72. The molecule has 2 aromatic carbocycles. The Hall–Kier alpha value is -3.24. The van der Waals surface area contributed by atoms with Gasteiger partial charge < -0.3 is 14.6 Å². The largest absolute Gasteiger partial charge is 0.493 e. The van der Waals surface area contributed by atoms with Crippen LogP contribution in [0.2, 0.25) is 0 Å². The molecule has 0 aromatic heterocycles. The predicted molar refractivity (Wildman–Crippen MR) is 121 cm³/mol. The number of halogens is 1. The maximum Gasteiger partial charge on any atom is 0.344 e. The van der Waals surface area contributed by atoms with Crippen LogP contribution in [0.4, 0.5) is 5.69 Å². The van der Waals surface area contributed by atoms with Crippen LogP contribution in [0.1, 0.15) is 12.5 Å². The van der Waals surface area contributed by atoms with Crippen LogP contribution in [0, 0.1) is 0 Å². The smallest absolute Gasteiger partial charge is 0.344 e. The summed E-state index contributed by atoms with van der Waals surface area (Å²) in [6.45, 7) is 1.36. The normalized spacial score (nSPS) is 16.2. The molecular formula is C21H17BrN2O6S. The van der Waals surface area contributed by atoms with Gasteiger partial charge in [-0.1, -0.05) is 34.1 Å². The Morgan fingerprint density at radius 1 is 1.26 bits per heavy atom. The summed E-state index contributed by atoms with van der Waals surface area (Å²) >= 11 is 8.54. The average molecular weight is 505 g/mol. The van der Waals surface area contributed by atoms with Crippen LogP contribution in [-0.4, -0.2) is 41.2 Å². The highest BCUT2D eigenvalue weighted by Crippen LogP contribution is 2.34. The van der Waals surface area contributed by atoms with Crippen molar-refractivity contribution in [1.29, 1.82) is 0 Å². The number of carbonyl (C=O) groups excluding carboxylic acids is 2. The highest BCUT2D eigenvalue weighted by molar-refractivity contribution is 9.10. The second kappa shape index (κ2) is 9.27. The Morgan fingerprint density at radius 2 is 1.97 bits per heavy atom. The monoisotopic (exact) mass is 504 g/mol. The standard InChI is InChI=1S/C21H17BrN2O6S/c1-11(20(27)28)30-17-12(5-3-8-16(17)29-2)9-15-18(25)23-21(31)24(19(15)26)14-7-4-6-13(22)10-14/h3-11H,1-2H3,(H,27,28)(H,23,25,31)/b15-9+/t11-/m1/s1. The van der Waals surface area contributed by atoms with E-state index in [1.54, 1.807) is 42.5 Å². The minimum Gasteiger partial charge on any atom is -0.493 e. The number of ether oxygens (including phenoxy) is 2. The van der Waals surface area contributed by atoms with E-state index in [1.807, 2.05) is 0 Å². The number of benzene rings is 2. The Morgan fingerprint density at radius 3 is 2.61 bits per heavy atom. The lowest BCUT2D eigenvalue weighted by Gasteiger charge is -2.29. The predicted octanol–water partition coefficient (Wildman–Crippen LogP) is 3.14. The molecule has 2 amide bonds. The molecule has 0 bridgehead atoms. The fourth-order valence-electron chi connectivity index (χ4n) is 2.82. The van der Waals surface area contributed by atoms with Gasteiger partial charge in [-0.05, 0) is 49.5 Å². The molecule has 2 aromatic rings. The zero-order valence-electron chi connectivity index (χ0n) is 16.4. The number of hydrogen-bond acceptors (Lipinski definition) is 6. The molecule has 1 atom stereocenters. The van der Waals surface area contributed by atoms with Crippen molar-refractivity contribution in [2.24, 2.45) is 0 Å². The van der Waals surface area contributed by atoms with E-state index < -0.39 is 23.9 Å². The number of para-hydroxylation sites is 1. The zero-order chi connectivity index (χ0) is 22.7. The molecule has 31 heavy (non-hydrogen) atoms. The Bertz CT molecular complexity index is 1120. The molecule has 1 aliphatic heterocycles. The number of carboxylic acids is 1. The van der Waals surface area contributed by atoms with Crippen molar-refractivity contribution in [2.45, 2.75) is 13.0 Å². The molecular weight excluding hydrogens is 488 g/mol. The van der Waals surface area contributed by atoms with Crippen molar-refractivity contribution < 1.29 is 29.0 Å². The number of nitrogens with zero attached hydrogens (tertiary/aromatic N) is 1. The van der Waals surface area contributed by atoms with Gasteiger partial charge in [-0.3, -0.25) is 19.8 Å². The number of hydrogen-bond donors (Lipinski definition) is 2. The zero-order valence-corrected chi connectivity index (χ0v) is 18.8. The summed E-state index contributed by atoms with van der Waals surface area (Å²) < 4.78 is 11.5. The number of aliphatic carboxylic acids is 1. The van der Waals surface area contributed by atoms with Crippen LogP contribution in [0.25, 0.3) is 6.08 Å². The van der Waals surface area contributed by atoms with Gasteiger partial charge >= 0.3 is 5.97 Å². The van der Waals surface area contributed by atoms with E-state index in [2.05, 4.69) is 21.2 Å². The minimum absolute atomic E-state index is 0.0492. The molecule has 0 unspecified atom stereocenters. The number of anilines is 1. The number of carboxylic acid groups (broad SMARTS) is 1. The van der Waals surface area contributed by atoms with E-state index >= 15 is 0 Å². The Labute approximate surface area is 191 Å². The van der Waals surface area contributed by atoms with Crippen molar-refractivity contribution in [3.63, 3.8) is 0 Å². The first kappa shape index (κ1) is 22.4. The first-order chi connectivity index (χ1) is 14.7. The van der Waals surface area contributed by atoms with Gasteiger partial charge in [0.15, 0.2) is 22.7 Å². The molecule has 10 heteroatoms. The molecule has 2 N–H and O–H groups in total. The molecule has 3 rings (SSSR count). The lowest BCUT2D eigenvalue weighted by atomic mass is 10.1. The van der Waals surface area contributed by atoms with Gasteiger partial charge in [0, 0.05) is 10.0 Å². The van der Waals surface area contributed by atoms with Gasteiger partial charge in [0.05, 0.1) is 12.8 Å². The molecule has 160 valence electrons. The number of nitrogens with one attached hydrogen (secondary N) is 1. The molecule has 1 aliphatic rings. The van der Waals surface area contributed by atoms with E-state index in [4.69, 9.17) is 21.7 Å². The third-order valence-electron chi connectivity index (χ3n) is 4.34. The number of carbonyl (C=O) groups is 3. The topological polar surface area (TPSA) is 105 Å². The molecule has 0 radical (unpaired) electrons. The maximum absolute atomic E-state index is 13.2. The van der Waals surface area contributed by atoms with Crippen LogP contribution < -0.4 is 19.7 Å².